The predicted octanol–water partition coefficient (Wildman–Crippen LogP) is 4.32. The van der Waals surface area contributed by atoms with Gasteiger partial charge in [-0.2, -0.15) is 0 Å². The first-order chi connectivity index (χ1) is 7.41. The zero-order chi connectivity index (χ0) is 12.6. The van der Waals surface area contributed by atoms with E-state index in [2.05, 4.69) is 20.8 Å². The fraction of sp³-hybridized carbons (Fsp3) is 0.929. The number of ether oxygens (including phenoxy) is 1. The molecule has 2 nitrogen and oxygen atoms in total. The number of rotatable bonds is 8. The van der Waals surface area contributed by atoms with E-state index in [9.17, 15) is 4.79 Å². The molecule has 0 unspecified atom stereocenters. The van der Waals surface area contributed by atoms with Gasteiger partial charge >= 0.3 is 5.97 Å². The molecule has 0 fully saturated rings. The topological polar surface area (TPSA) is 26.3 Å². The highest BCUT2D eigenvalue weighted by Crippen LogP contribution is 2.28. The predicted molar refractivity (Wildman–Crippen MR) is 68.4 cm³/mol. The summed E-state index contributed by atoms with van der Waals surface area (Å²) in [6.07, 6.45) is 6.29. The highest BCUT2D eigenvalue weighted by molar-refractivity contribution is 5.70. The summed E-state index contributed by atoms with van der Waals surface area (Å²) in [5.74, 6) is -0.0455. The van der Waals surface area contributed by atoms with Crippen molar-refractivity contribution in [3.05, 3.63) is 0 Å². The molecule has 96 valence electrons. The molecule has 0 saturated carbocycles. The molecule has 0 aliphatic heterocycles. The van der Waals surface area contributed by atoms with E-state index in [4.69, 9.17) is 4.74 Å². The van der Waals surface area contributed by atoms with Crippen LogP contribution >= 0.6 is 0 Å². The van der Waals surface area contributed by atoms with E-state index >= 15 is 0 Å². The van der Waals surface area contributed by atoms with E-state index in [0.717, 1.165) is 12.8 Å². The Bertz CT molecular complexity index is 197. The van der Waals surface area contributed by atoms with E-state index in [-0.39, 0.29) is 17.5 Å². The van der Waals surface area contributed by atoms with Crippen LogP contribution in [0.15, 0.2) is 0 Å². The highest BCUT2D eigenvalue weighted by atomic mass is 16.5. The van der Waals surface area contributed by atoms with Crippen LogP contribution in [-0.2, 0) is 9.53 Å². The Kier molecular flexibility index (Phi) is 7.44. The van der Waals surface area contributed by atoms with Gasteiger partial charge < -0.3 is 4.74 Å². The summed E-state index contributed by atoms with van der Waals surface area (Å²) in [4.78, 5) is 11.6. The minimum Gasteiger partial charge on any atom is -0.463 e. The Balaban J connectivity index is 3.90. The summed E-state index contributed by atoms with van der Waals surface area (Å²) < 4.78 is 5.30. The molecule has 16 heavy (non-hydrogen) atoms. The average Bonchev–Trinajstić information content (AvgIpc) is 2.16. The van der Waals surface area contributed by atoms with Gasteiger partial charge in [-0.15, -0.1) is 0 Å². The molecule has 0 bridgehead atoms. The standard InChI is InChI=1S/C14H28O2/c1-6-8-9-10-14(4,5)11-13(15)16-12(3)7-2/h12H,6-11H2,1-5H3/t12-/m0/s1. The monoisotopic (exact) mass is 228 g/mol. The van der Waals surface area contributed by atoms with Crippen molar-refractivity contribution in [2.24, 2.45) is 5.41 Å². The van der Waals surface area contributed by atoms with Crippen molar-refractivity contribution in [2.45, 2.75) is 79.2 Å². The van der Waals surface area contributed by atoms with Gasteiger partial charge in [0, 0.05) is 0 Å². The molecule has 0 spiro atoms. The largest absolute Gasteiger partial charge is 0.463 e. The van der Waals surface area contributed by atoms with Gasteiger partial charge in [0.2, 0.25) is 0 Å². The molecule has 0 aliphatic rings. The molecule has 0 heterocycles. The van der Waals surface area contributed by atoms with Crippen LogP contribution < -0.4 is 0 Å². The zero-order valence-electron chi connectivity index (χ0n) is 11.6. The van der Waals surface area contributed by atoms with Crippen LogP contribution in [0, 0.1) is 5.41 Å². The lowest BCUT2D eigenvalue weighted by atomic mass is 9.84. The van der Waals surface area contributed by atoms with Crippen molar-refractivity contribution in [2.75, 3.05) is 0 Å². The Labute approximate surface area is 101 Å². The molecule has 0 radical (unpaired) electrons. The van der Waals surface area contributed by atoms with Crippen LogP contribution in [0.25, 0.3) is 0 Å². The lowest BCUT2D eigenvalue weighted by Crippen LogP contribution is -2.22. The van der Waals surface area contributed by atoms with Crippen LogP contribution in [0.5, 0.6) is 0 Å². The molecule has 0 saturated heterocycles. The fourth-order valence-electron chi connectivity index (χ4n) is 1.68. The van der Waals surface area contributed by atoms with Gasteiger partial charge in [0.25, 0.3) is 0 Å². The summed E-state index contributed by atoms with van der Waals surface area (Å²) >= 11 is 0. The molecule has 0 aromatic carbocycles. The molecular formula is C14H28O2. The molecule has 0 aliphatic carbocycles. The van der Waals surface area contributed by atoms with Gasteiger partial charge in [0.15, 0.2) is 0 Å². The van der Waals surface area contributed by atoms with Gasteiger partial charge in [0.05, 0.1) is 12.5 Å². The first-order valence-electron chi connectivity index (χ1n) is 6.60. The molecule has 2 heteroatoms. The molecular weight excluding hydrogens is 200 g/mol. The lowest BCUT2D eigenvalue weighted by Gasteiger charge is -2.24. The smallest absolute Gasteiger partial charge is 0.306 e. The maximum absolute atomic E-state index is 11.6. The second kappa shape index (κ2) is 7.70. The summed E-state index contributed by atoms with van der Waals surface area (Å²) in [6.45, 7) is 10.5. The van der Waals surface area contributed by atoms with Crippen molar-refractivity contribution < 1.29 is 9.53 Å². The van der Waals surface area contributed by atoms with Crippen molar-refractivity contribution in [3.8, 4) is 0 Å². The summed E-state index contributed by atoms with van der Waals surface area (Å²) in [7, 11) is 0. The fourth-order valence-corrected chi connectivity index (χ4v) is 1.68. The maximum atomic E-state index is 11.6. The molecule has 0 aromatic heterocycles. The summed E-state index contributed by atoms with van der Waals surface area (Å²) in [5, 5.41) is 0. The Morgan fingerprint density at radius 1 is 1.25 bits per heavy atom. The van der Waals surface area contributed by atoms with Crippen LogP contribution in [0.4, 0.5) is 0 Å². The Hall–Kier alpha value is -0.530. The summed E-state index contributed by atoms with van der Waals surface area (Å²) in [5.41, 5.74) is 0.0831. The highest BCUT2D eigenvalue weighted by Gasteiger charge is 2.23. The lowest BCUT2D eigenvalue weighted by molar-refractivity contribution is -0.150. The SMILES string of the molecule is CCCCCC(C)(C)CC(=O)O[C@@H](C)CC. The second-order valence-corrected chi connectivity index (χ2v) is 5.51. The Morgan fingerprint density at radius 3 is 2.38 bits per heavy atom. The quantitative estimate of drug-likeness (QED) is 0.456. The number of unbranched alkanes of at least 4 members (excludes halogenated alkanes) is 2. The minimum atomic E-state index is -0.0455. The third-order valence-corrected chi connectivity index (χ3v) is 2.99. The third-order valence-electron chi connectivity index (χ3n) is 2.99. The average molecular weight is 228 g/mol. The number of carbonyl (C=O) groups excluding carboxylic acids is 1. The van der Waals surface area contributed by atoms with Gasteiger partial charge in [-0.1, -0.05) is 47.0 Å². The Morgan fingerprint density at radius 2 is 1.88 bits per heavy atom. The number of hydrogen-bond donors (Lipinski definition) is 0. The van der Waals surface area contributed by atoms with Gasteiger partial charge in [-0.05, 0) is 25.2 Å². The number of carbonyl (C=O) groups is 1. The molecule has 0 amide bonds. The van der Waals surface area contributed by atoms with Crippen LogP contribution in [0.1, 0.15) is 73.1 Å². The normalized spacial score (nSPS) is 13.6. The van der Waals surface area contributed by atoms with Crippen molar-refractivity contribution in [1.82, 2.24) is 0 Å². The van der Waals surface area contributed by atoms with E-state index < -0.39 is 0 Å². The maximum Gasteiger partial charge on any atom is 0.306 e. The molecule has 0 N–H and O–H groups in total. The van der Waals surface area contributed by atoms with E-state index in [1.54, 1.807) is 0 Å². The van der Waals surface area contributed by atoms with Crippen LogP contribution in [0.2, 0.25) is 0 Å². The van der Waals surface area contributed by atoms with Crippen LogP contribution in [0.3, 0.4) is 0 Å². The molecule has 0 rings (SSSR count). The number of esters is 1. The van der Waals surface area contributed by atoms with Crippen molar-refractivity contribution in [1.29, 1.82) is 0 Å². The minimum absolute atomic E-state index is 0.0455. The van der Waals surface area contributed by atoms with Crippen molar-refractivity contribution >= 4 is 5.97 Å². The summed E-state index contributed by atoms with van der Waals surface area (Å²) in [6, 6.07) is 0. The van der Waals surface area contributed by atoms with E-state index in [1.165, 1.54) is 19.3 Å². The van der Waals surface area contributed by atoms with Crippen LogP contribution in [-0.4, -0.2) is 12.1 Å². The van der Waals surface area contributed by atoms with E-state index in [1.807, 2.05) is 13.8 Å². The third kappa shape index (κ3) is 7.72. The first-order valence-corrected chi connectivity index (χ1v) is 6.60. The molecule has 1 atom stereocenters. The van der Waals surface area contributed by atoms with Gasteiger partial charge in [-0.3, -0.25) is 4.79 Å². The molecule has 0 aromatic rings. The van der Waals surface area contributed by atoms with Gasteiger partial charge in [0.1, 0.15) is 0 Å². The van der Waals surface area contributed by atoms with Gasteiger partial charge in [-0.25, -0.2) is 0 Å². The second-order valence-electron chi connectivity index (χ2n) is 5.51. The number of hydrogen-bond acceptors (Lipinski definition) is 2. The van der Waals surface area contributed by atoms with E-state index in [0.29, 0.717) is 6.42 Å². The van der Waals surface area contributed by atoms with Crippen molar-refractivity contribution in [3.63, 3.8) is 0 Å². The first kappa shape index (κ1) is 15.5. The zero-order valence-corrected chi connectivity index (χ0v) is 11.6.